The lowest BCUT2D eigenvalue weighted by atomic mass is 10.1. The van der Waals surface area contributed by atoms with Gasteiger partial charge in [0.25, 0.3) is 5.91 Å². The van der Waals surface area contributed by atoms with E-state index in [9.17, 15) is 9.59 Å². The van der Waals surface area contributed by atoms with Gasteiger partial charge in [-0.2, -0.15) is 0 Å². The van der Waals surface area contributed by atoms with Crippen molar-refractivity contribution in [1.29, 1.82) is 0 Å². The van der Waals surface area contributed by atoms with Gasteiger partial charge in [0.1, 0.15) is 10.1 Å². The molecule has 0 bridgehead atoms. The standard InChI is InChI=1S/C23H17NO5S2/c1-27-19-12-15(9-10-18(19)29-22(26)16-6-3-2-4-7-16)13-20-21(25)24(23(30)31-20)14-17-8-5-11-28-17/h2-13H,14H2,1H3/b20-13-. The highest BCUT2D eigenvalue weighted by molar-refractivity contribution is 8.26. The average molecular weight is 452 g/mol. The van der Waals surface area contributed by atoms with Crippen LogP contribution in [-0.4, -0.2) is 28.2 Å². The van der Waals surface area contributed by atoms with Gasteiger partial charge in [-0.1, -0.05) is 48.2 Å². The number of furan rings is 1. The molecular weight excluding hydrogens is 434 g/mol. The molecule has 1 fully saturated rings. The van der Waals surface area contributed by atoms with Crippen LogP contribution in [0.5, 0.6) is 11.5 Å². The Kier molecular flexibility index (Phi) is 6.20. The second-order valence-corrected chi connectivity index (χ2v) is 8.19. The highest BCUT2D eigenvalue weighted by Gasteiger charge is 2.32. The van der Waals surface area contributed by atoms with Crippen LogP contribution in [0.4, 0.5) is 0 Å². The van der Waals surface area contributed by atoms with Crippen molar-refractivity contribution in [2.75, 3.05) is 7.11 Å². The minimum Gasteiger partial charge on any atom is -0.493 e. The summed E-state index contributed by atoms with van der Waals surface area (Å²) >= 11 is 6.58. The first-order chi connectivity index (χ1) is 15.0. The predicted octanol–water partition coefficient (Wildman–Crippen LogP) is 4.91. The van der Waals surface area contributed by atoms with E-state index in [0.717, 1.165) is 5.56 Å². The molecule has 1 aliphatic heterocycles. The molecule has 0 radical (unpaired) electrons. The van der Waals surface area contributed by atoms with Gasteiger partial charge >= 0.3 is 5.97 Å². The molecule has 156 valence electrons. The van der Waals surface area contributed by atoms with E-state index in [-0.39, 0.29) is 12.5 Å². The van der Waals surface area contributed by atoms with Crippen LogP contribution in [0, 0.1) is 0 Å². The Morgan fingerprint density at radius 3 is 2.65 bits per heavy atom. The van der Waals surface area contributed by atoms with E-state index in [1.54, 1.807) is 66.9 Å². The molecule has 0 aliphatic carbocycles. The summed E-state index contributed by atoms with van der Waals surface area (Å²) in [6.07, 6.45) is 3.29. The van der Waals surface area contributed by atoms with Gasteiger partial charge in [0.2, 0.25) is 0 Å². The van der Waals surface area contributed by atoms with Crippen LogP contribution in [0.1, 0.15) is 21.7 Å². The smallest absolute Gasteiger partial charge is 0.343 e. The van der Waals surface area contributed by atoms with Crippen molar-refractivity contribution in [1.82, 2.24) is 4.90 Å². The van der Waals surface area contributed by atoms with Crippen molar-refractivity contribution in [2.45, 2.75) is 6.54 Å². The number of ether oxygens (including phenoxy) is 2. The molecule has 0 spiro atoms. The summed E-state index contributed by atoms with van der Waals surface area (Å²) in [5.41, 5.74) is 1.16. The van der Waals surface area contributed by atoms with Gasteiger partial charge in [-0.15, -0.1) is 0 Å². The van der Waals surface area contributed by atoms with Gasteiger partial charge in [0.05, 0.1) is 30.4 Å². The van der Waals surface area contributed by atoms with E-state index in [0.29, 0.717) is 32.0 Å². The number of benzene rings is 2. The molecule has 1 saturated heterocycles. The van der Waals surface area contributed by atoms with Crippen LogP contribution in [0.2, 0.25) is 0 Å². The van der Waals surface area contributed by atoms with E-state index >= 15 is 0 Å². The second-order valence-electron chi connectivity index (χ2n) is 6.51. The lowest BCUT2D eigenvalue weighted by Gasteiger charge is -2.12. The maximum Gasteiger partial charge on any atom is 0.343 e. The summed E-state index contributed by atoms with van der Waals surface area (Å²) < 4.78 is 16.6. The molecule has 0 N–H and O–H groups in total. The summed E-state index contributed by atoms with van der Waals surface area (Å²) in [4.78, 5) is 27.1. The fourth-order valence-electron chi connectivity index (χ4n) is 2.94. The van der Waals surface area contributed by atoms with E-state index in [4.69, 9.17) is 26.1 Å². The minimum absolute atomic E-state index is 0.190. The molecule has 8 heteroatoms. The quantitative estimate of drug-likeness (QED) is 0.228. The molecule has 3 aromatic rings. The molecule has 1 aliphatic rings. The Hall–Kier alpha value is -3.36. The van der Waals surface area contributed by atoms with Gasteiger partial charge in [0, 0.05) is 0 Å². The topological polar surface area (TPSA) is 69.0 Å². The number of amides is 1. The molecular formula is C23H17NO5S2. The van der Waals surface area contributed by atoms with E-state index in [1.807, 2.05) is 6.07 Å². The zero-order chi connectivity index (χ0) is 21.8. The van der Waals surface area contributed by atoms with Crippen molar-refractivity contribution in [3.05, 3.63) is 88.7 Å². The molecule has 2 heterocycles. The number of carbonyl (C=O) groups is 2. The van der Waals surface area contributed by atoms with E-state index in [2.05, 4.69) is 0 Å². The van der Waals surface area contributed by atoms with Crippen molar-refractivity contribution in [2.24, 2.45) is 0 Å². The summed E-state index contributed by atoms with van der Waals surface area (Å²) in [6.45, 7) is 0.284. The maximum atomic E-state index is 12.8. The first-order valence-electron chi connectivity index (χ1n) is 9.28. The Morgan fingerprint density at radius 2 is 1.94 bits per heavy atom. The highest BCUT2D eigenvalue weighted by Crippen LogP contribution is 2.35. The zero-order valence-electron chi connectivity index (χ0n) is 16.4. The monoisotopic (exact) mass is 451 g/mol. The molecule has 6 nitrogen and oxygen atoms in total. The summed E-state index contributed by atoms with van der Waals surface area (Å²) in [6, 6.07) is 17.3. The van der Waals surface area contributed by atoms with Crippen LogP contribution in [0.25, 0.3) is 6.08 Å². The third kappa shape index (κ3) is 4.70. The van der Waals surface area contributed by atoms with Crippen LogP contribution in [0.3, 0.4) is 0 Å². The van der Waals surface area contributed by atoms with Crippen LogP contribution < -0.4 is 9.47 Å². The fraction of sp³-hybridized carbons (Fsp3) is 0.0870. The molecule has 1 aromatic heterocycles. The second kappa shape index (κ2) is 9.20. The average Bonchev–Trinajstić information content (AvgIpc) is 3.39. The van der Waals surface area contributed by atoms with Crippen molar-refractivity contribution in [3.8, 4) is 11.5 Å². The molecule has 0 atom stereocenters. The fourth-order valence-corrected chi connectivity index (χ4v) is 4.19. The largest absolute Gasteiger partial charge is 0.493 e. The van der Waals surface area contributed by atoms with Crippen molar-refractivity contribution < 1.29 is 23.5 Å². The summed E-state index contributed by atoms with van der Waals surface area (Å²) in [7, 11) is 1.49. The normalized spacial score (nSPS) is 14.9. The van der Waals surface area contributed by atoms with Crippen LogP contribution in [-0.2, 0) is 11.3 Å². The molecule has 0 unspecified atom stereocenters. The molecule has 31 heavy (non-hydrogen) atoms. The number of thioether (sulfide) groups is 1. The summed E-state index contributed by atoms with van der Waals surface area (Å²) in [5.74, 6) is 0.655. The predicted molar refractivity (Wildman–Crippen MR) is 122 cm³/mol. The Balaban J connectivity index is 1.52. The van der Waals surface area contributed by atoms with E-state index in [1.165, 1.54) is 23.8 Å². The van der Waals surface area contributed by atoms with Gasteiger partial charge in [0.15, 0.2) is 11.5 Å². The van der Waals surface area contributed by atoms with Crippen LogP contribution in [0.15, 0.2) is 76.2 Å². The lowest BCUT2D eigenvalue weighted by molar-refractivity contribution is -0.122. The molecule has 0 saturated carbocycles. The number of nitrogens with zero attached hydrogens (tertiary/aromatic N) is 1. The first-order valence-corrected chi connectivity index (χ1v) is 10.5. The highest BCUT2D eigenvalue weighted by atomic mass is 32.2. The number of methoxy groups -OCH3 is 1. The third-order valence-corrected chi connectivity index (χ3v) is 5.84. The SMILES string of the molecule is COc1cc(/C=C2\SC(=S)N(Cc3ccco3)C2=O)ccc1OC(=O)c1ccccc1. The van der Waals surface area contributed by atoms with Gasteiger partial charge in [-0.05, 0) is 48.0 Å². The molecule has 2 aromatic carbocycles. The van der Waals surface area contributed by atoms with E-state index < -0.39 is 5.97 Å². The van der Waals surface area contributed by atoms with Gasteiger partial charge in [-0.25, -0.2) is 4.79 Å². The van der Waals surface area contributed by atoms with Gasteiger partial charge < -0.3 is 13.9 Å². The Morgan fingerprint density at radius 1 is 1.13 bits per heavy atom. The Labute approximate surface area is 188 Å². The van der Waals surface area contributed by atoms with Gasteiger partial charge in [-0.3, -0.25) is 9.69 Å². The molecule has 1 amide bonds. The maximum absolute atomic E-state index is 12.8. The van der Waals surface area contributed by atoms with Crippen LogP contribution >= 0.6 is 24.0 Å². The summed E-state index contributed by atoms with van der Waals surface area (Å²) in [5, 5.41) is 0. The lowest BCUT2D eigenvalue weighted by Crippen LogP contribution is -2.27. The third-order valence-electron chi connectivity index (χ3n) is 4.47. The number of hydrogen-bond acceptors (Lipinski definition) is 7. The number of rotatable bonds is 6. The van der Waals surface area contributed by atoms with Crippen molar-refractivity contribution in [3.63, 3.8) is 0 Å². The Bertz CT molecular complexity index is 1160. The zero-order valence-corrected chi connectivity index (χ0v) is 18.1. The molecule has 4 rings (SSSR count). The number of hydrogen-bond donors (Lipinski definition) is 0. The first kappa shape index (κ1) is 20.9. The minimum atomic E-state index is -0.481. The van der Waals surface area contributed by atoms with Crippen molar-refractivity contribution >= 4 is 46.3 Å². The number of carbonyl (C=O) groups excluding carboxylic acids is 2. The number of thiocarbonyl (C=S) groups is 1. The number of esters is 1.